The zero-order chi connectivity index (χ0) is 18.2. The molecule has 1 atom stereocenters. The molecule has 134 valence electrons. The molecular formula is C19H22ClNO4. The zero-order valence-electron chi connectivity index (χ0n) is 14.3. The number of benzene rings is 2. The normalized spacial score (nSPS) is 12.0. The molecule has 0 spiro atoms. The van der Waals surface area contributed by atoms with Crippen molar-refractivity contribution in [1.29, 1.82) is 0 Å². The molecule has 0 bridgehead atoms. The minimum Gasteiger partial charge on any atom is -0.491 e. The van der Waals surface area contributed by atoms with Gasteiger partial charge >= 0.3 is 5.97 Å². The van der Waals surface area contributed by atoms with E-state index in [1.807, 2.05) is 36.2 Å². The van der Waals surface area contributed by atoms with Crippen molar-refractivity contribution in [3.63, 3.8) is 0 Å². The first-order valence-corrected chi connectivity index (χ1v) is 8.28. The smallest absolute Gasteiger partial charge is 0.337 e. The van der Waals surface area contributed by atoms with Crippen LogP contribution in [0, 0.1) is 0 Å². The Labute approximate surface area is 152 Å². The van der Waals surface area contributed by atoms with Crippen molar-refractivity contribution >= 4 is 17.6 Å². The third-order valence-electron chi connectivity index (χ3n) is 3.61. The third kappa shape index (κ3) is 6.38. The average Bonchev–Trinajstić information content (AvgIpc) is 2.61. The maximum atomic E-state index is 11.4. The second-order valence-corrected chi connectivity index (χ2v) is 6.24. The van der Waals surface area contributed by atoms with Gasteiger partial charge in [-0.05, 0) is 49.0 Å². The standard InChI is InChI=1S/C19H22ClNO4/c1-21(11-14-3-7-16(20)8-4-14)12-17(22)13-25-18-9-5-15(6-10-18)19(23)24-2/h3-10,17,22H,11-13H2,1-2H3/t17-/m1/s1. The molecule has 0 unspecified atom stereocenters. The average molecular weight is 364 g/mol. The van der Waals surface area contributed by atoms with Gasteiger partial charge < -0.3 is 14.6 Å². The van der Waals surface area contributed by atoms with Crippen LogP contribution in [0.1, 0.15) is 15.9 Å². The fraction of sp³-hybridized carbons (Fsp3) is 0.316. The molecule has 2 aromatic rings. The Balaban J connectivity index is 1.76. The second-order valence-electron chi connectivity index (χ2n) is 5.80. The summed E-state index contributed by atoms with van der Waals surface area (Å²) in [6.45, 7) is 1.35. The maximum absolute atomic E-state index is 11.4. The Bertz CT molecular complexity index is 673. The molecule has 0 aromatic heterocycles. The topological polar surface area (TPSA) is 59.0 Å². The fourth-order valence-corrected chi connectivity index (χ4v) is 2.50. The van der Waals surface area contributed by atoms with Crippen LogP contribution in [0.15, 0.2) is 48.5 Å². The molecule has 0 heterocycles. The summed E-state index contributed by atoms with van der Waals surface area (Å²) in [7, 11) is 3.27. The number of methoxy groups -OCH3 is 1. The molecule has 0 saturated carbocycles. The van der Waals surface area contributed by atoms with Crippen molar-refractivity contribution in [2.24, 2.45) is 0 Å². The van der Waals surface area contributed by atoms with Gasteiger partial charge in [0.2, 0.25) is 0 Å². The Morgan fingerprint density at radius 1 is 1.16 bits per heavy atom. The van der Waals surface area contributed by atoms with E-state index in [2.05, 4.69) is 4.74 Å². The number of halogens is 1. The number of ether oxygens (including phenoxy) is 2. The summed E-state index contributed by atoms with van der Waals surface area (Å²) < 4.78 is 10.2. The number of rotatable bonds is 8. The largest absolute Gasteiger partial charge is 0.491 e. The minimum absolute atomic E-state index is 0.169. The summed E-state index contributed by atoms with van der Waals surface area (Å²) >= 11 is 5.87. The van der Waals surface area contributed by atoms with Crippen LogP contribution in [0.5, 0.6) is 5.75 Å². The van der Waals surface area contributed by atoms with Gasteiger partial charge in [-0.1, -0.05) is 23.7 Å². The number of carbonyl (C=O) groups is 1. The molecule has 0 saturated heterocycles. The lowest BCUT2D eigenvalue weighted by Gasteiger charge is -2.21. The van der Waals surface area contributed by atoms with Crippen molar-refractivity contribution in [2.75, 3.05) is 27.3 Å². The van der Waals surface area contributed by atoms with Crippen molar-refractivity contribution in [1.82, 2.24) is 4.90 Å². The lowest BCUT2D eigenvalue weighted by Crippen LogP contribution is -2.32. The second kappa shape index (κ2) is 9.42. The highest BCUT2D eigenvalue weighted by molar-refractivity contribution is 6.30. The fourth-order valence-electron chi connectivity index (χ4n) is 2.38. The predicted molar refractivity (Wildman–Crippen MR) is 97.1 cm³/mol. The van der Waals surface area contributed by atoms with Crippen molar-refractivity contribution in [2.45, 2.75) is 12.6 Å². The van der Waals surface area contributed by atoms with Crippen molar-refractivity contribution in [3.8, 4) is 5.75 Å². The molecule has 2 rings (SSSR count). The predicted octanol–water partition coefficient (Wildman–Crippen LogP) is 3.00. The number of esters is 1. The van der Waals surface area contributed by atoms with Crippen LogP contribution in [-0.2, 0) is 11.3 Å². The van der Waals surface area contributed by atoms with Crippen LogP contribution >= 0.6 is 11.6 Å². The molecule has 0 fully saturated rings. The highest BCUT2D eigenvalue weighted by Crippen LogP contribution is 2.14. The molecule has 6 heteroatoms. The van der Waals surface area contributed by atoms with Gasteiger partial charge in [-0.25, -0.2) is 4.79 Å². The molecule has 1 N–H and O–H groups in total. The zero-order valence-corrected chi connectivity index (χ0v) is 15.1. The molecule has 0 amide bonds. The van der Waals surface area contributed by atoms with E-state index >= 15 is 0 Å². The highest BCUT2D eigenvalue weighted by Gasteiger charge is 2.10. The number of aliphatic hydroxyl groups excluding tert-OH is 1. The van der Waals surface area contributed by atoms with E-state index in [0.29, 0.717) is 29.4 Å². The van der Waals surface area contributed by atoms with Gasteiger partial charge in [-0.3, -0.25) is 4.90 Å². The van der Waals surface area contributed by atoms with Crippen LogP contribution in [0.2, 0.25) is 5.02 Å². The number of nitrogens with zero attached hydrogens (tertiary/aromatic N) is 1. The number of likely N-dealkylation sites (N-methyl/N-ethyl adjacent to an activating group) is 1. The van der Waals surface area contributed by atoms with Gasteiger partial charge in [0.05, 0.1) is 12.7 Å². The molecule has 0 radical (unpaired) electrons. The molecule has 0 aliphatic carbocycles. The van der Waals surface area contributed by atoms with E-state index in [1.165, 1.54) is 7.11 Å². The lowest BCUT2D eigenvalue weighted by atomic mass is 10.2. The van der Waals surface area contributed by atoms with E-state index in [1.54, 1.807) is 24.3 Å². The molecular weight excluding hydrogens is 342 g/mol. The Kier molecular flexibility index (Phi) is 7.25. The van der Waals surface area contributed by atoms with Crippen LogP contribution < -0.4 is 4.74 Å². The first kappa shape index (κ1) is 19.2. The summed E-state index contributed by atoms with van der Waals surface area (Å²) in [5, 5.41) is 10.8. The van der Waals surface area contributed by atoms with Gasteiger partial charge in [0.1, 0.15) is 18.5 Å². The van der Waals surface area contributed by atoms with Crippen LogP contribution in [0.4, 0.5) is 0 Å². The van der Waals surface area contributed by atoms with E-state index in [-0.39, 0.29) is 6.61 Å². The summed E-state index contributed by atoms with van der Waals surface area (Å²) in [6, 6.07) is 14.2. The molecule has 0 aliphatic heterocycles. The van der Waals surface area contributed by atoms with Gasteiger partial charge in [0.25, 0.3) is 0 Å². The maximum Gasteiger partial charge on any atom is 0.337 e. The summed E-state index contributed by atoms with van der Waals surface area (Å²) in [5.41, 5.74) is 1.58. The SMILES string of the molecule is COC(=O)c1ccc(OC[C@H](O)CN(C)Cc2ccc(Cl)cc2)cc1. The quantitative estimate of drug-likeness (QED) is 0.731. The van der Waals surface area contributed by atoms with Gasteiger partial charge in [-0.15, -0.1) is 0 Å². The summed E-state index contributed by atoms with van der Waals surface area (Å²) in [6.07, 6.45) is -0.627. The van der Waals surface area contributed by atoms with E-state index < -0.39 is 12.1 Å². The van der Waals surface area contributed by atoms with Crippen molar-refractivity contribution in [3.05, 3.63) is 64.7 Å². The number of carbonyl (C=O) groups excluding carboxylic acids is 1. The molecule has 0 aliphatic rings. The van der Waals surface area contributed by atoms with Crippen LogP contribution in [0.3, 0.4) is 0 Å². The van der Waals surface area contributed by atoms with Crippen LogP contribution in [-0.4, -0.2) is 49.4 Å². The Hall–Kier alpha value is -2.08. The number of hydrogen-bond donors (Lipinski definition) is 1. The van der Waals surface area contributed by atoms with E-state index in [4.69, 9.17) is 16.3 Å². The summed E-state index contributed by atoms with van der Waals surface area (Å²) in [5.74, 6) is 0.197. The first-order chi connectivity index (χ1) is 12.0. The minimum atomic E-state index is -0.627. The molecule has 5 nitrogen and oxygen atoms in total. The van der Waals surface area contributed by atoms with Gasteiger partial charge in [0.15, 0.2) is 0 Å². The Morgan fingerprint density at radius 2 is 1.80 bits per heavy atom. The Morgan fingerprint density at radius 3 is 2.40 bits per heavy atom. The third-order valence-corrected chi connectivity index (χ3v) is 3.86. The first-order valence-electron chi connectivity index (χ1n) is 7.90. The van der Waals surface area contributed by atoms with E-state index in [9.17, 15) is 9.90 Å². The van der Waals surface area contributed by atoms with E-state index in [0.717, 1.165) is 5.56 Å². The van der Waals surface area contributed by atoms with Crippen LogP contribution in [0.25, 0.3) is 0 Å². The van der Waals surface area contributed by atoms with Gasteiger partial charge in [-0.2, -0.15) is 0 Å². The number of aliphatic hydroxyl groups is 1. The van der Waals surface area contributed by atoms with Crippen molar-refractivity contribution < 1.29 is 19.4 Å². The summed E-state index contributed by atoms with van der Waals surface area (Å²) in [4.78, 5) is 13.4. The van der Waals surface area contributed by atoms with Gasteiger partial charge in [0, 0.05) is 18.1 Å². The molecule has 2 aromatic carbocycles. The lowest BCUT2D eigenvalue weighted by molar-refractivity contribution is 0.0600. The number of hydrogen-bond acceptors (Lipinski definition) is 5. The molecule has 25 heavy (non-hydrogen) atoms. The highest BCUT2D eigenvalue weighted by atomic mass is 35.5. The monoisotopic (exact) mass is 363 g/mol.